The van der Waals surface area contributed by atoms with Crippen molar-refractivity contribution in [1.29, 1.82) is 0 Å². The van der Waals surface area contributed by atoms with Gasteiger partial charge in [-0.3, -0.25) is 9.59 Å². The first kappa shape index (κ1) is 15.8. The van der Waals surface area contributed by atoms with Crippen LogP contribution >= 0.6 is 11.8 Å². The second-order valence-corrected chi connectivity index (χ2v) is 7.76. The molecule has 1 saturated heterocycles. The van der Waals surface area contributed by atoms with Gasteiger partial charge in [-0.2, -0.15) is 0 Å². The Bertz CT molecular complexity index is 641. The molecule has 1 fully saturated rings. The maximum Gasteiger partial charge on any atom is 0.281 e. The standard InChI is InChI=1S/C13H16N2O4S2/c1-21(18,19)11-4-2-10(3-5-11)14-12(16)6-7-15-8-9-20-13(15)17/h2-5H,6-9H2,1H3,(H,14,16). The summed E-state index contributed by atoms with van der Waals surface area (Å²) in [5.74, 6) is 0.569. The Morgan fingerprint density at radius 3 is 2.52 bits per heavy atom. The molecule has 8 heteroatoms. The van der Waals surface area contributed by atoms with Crippen LogP contribution in [0.25, 0.3) is 0 Å². The summed E-state index contributed by atoms with van der Waals surface area (Å²) in [6.07, 6.45) is 1.35. The van der Waals surface area contributed by atoms with Crippen LogP contribution in [0, 0.1) is 0 Å². The van der Waals surface area contributed by atoms with E-state index in [4.69, 9.17) is 0 Å². The number of anilines is 1. The van der Waals surface area contributed by atoms with Crippen molar-refractivity contribution in [3.8, 4) is 0 Å². The number of thioether (sulfide) groups is 1. The first-order valence-corrected chi connectivity index (χ1v) is 9.25. The summed E-state index contributed by atoms with van der Waals surface area (Å²) < 4.78 is 22.6. The fourth-order valence-electron chi connectivity index (χ4n) is 1.87. The number of hydrogen-bond acceptors (Lipinski definition) is 5. The van der Waals surface area contributed by atoms with Crippen molar-refractivity contribution in [3.63, 3.8) is 0 Å². The zero-order valence-electron chi connectivity index (χ0n) is 11.5. The number of rotatable bonds is 5. The molecule has 1 N–H and O–H groups in total. The van der Waals surface area contributed by atoms with Crippen LogP contribution in [0.5, 0.6) is 0 Å². The van der Waals surface area contributed by atoms with Gasteiger partial charge in [0.25, 0.3) is 5.24 Å². The van der Waals surface area contributed by atoms with Gasteiger partial charge < -0.3 is 10.2 Å². The van der Waals surface area contributed by atoms with Crippen molar-refractivity contribution in [1.82, 2.24) is 4.90 Å². The van der Waals surface area contributed by atoms with Gasteiger partial charge in [-0.05, 0) is 24.3 Å². The van der Waals surface area contributed by atoms with Crippen LogP contribution in [-0.2, 0) is 14.6 Å². The van der Waals surface area contributed by atoms with Gasteiger partial charge >= 0.3 is 0 Å². The van der Waals surface area contributed by atoms with Gasteiger partial charge in [0.15, 0.2) is 9.84 Å². The number of benzene rings is 1. The fraction of sp³-hybridized carbons (Fsp3) is 0.385. The van der Waals surface area contributed by atoms with E-state index in [1.165, 1.54) is 23.9 Å². The molecule has 0 atom stereocenters. The predicted octanol–water partition coefficient (Wildman–Crippen LogP) is 1.59. The summed E-state index contributed by atoms with van der Waals surface area (Å²) in [5.41, 5.74) is 0.537. The molecule has 2 amide bonds. The van der Waals surface area contributed by atoms with Crippen LogP contribution < -0.4 is 5.32 Å². The summed E-state index contributed by atoms with van der Waals surface area (Å²) in [4.78, 5) is 25.0. The van der Waals surface area contributed by atoms with Gasteiger partial charge in [0.05, 0.1) is 4.90 Å². The summed E-state index contributed by atoms with van der Waals surface area (Å²) in [6, 6.07) is 5.99. The molecule has 1 aliphatic rings. The summed E-state index contributed by atoms with van der Waals surface area (Å²) in [6.45, 7) is 1.08. The van der Waals surface area contributed by atoms with Gasteiger partial charge in [0.1, 0.15) is 0 Å². The zero-order chi connectivity index (χ0) is 15.5. The third kappa shape index (κ3) is 4.47. The molecule has 0 unspecified atom stereocenters. The van der Waals surface area contributed by atoms with E-state index in [2.05, 4.69) is 5.32 Å². The first-order chi connectivity index (χ1) is 9.86. The van der Waals surface area contributed by atoms with Crippen LogP contribution in [-0.4, -0.2) is 49.6 Å². The van der Waals surface area contributed by atoms with E-state index in [9.17, 15) is 18.0 Å². The molecular weight excluding hydrogens is 312 g/mol. The van der Waals surface area contributed by atoms with E-state index in [-0.39, 0.29) is 22.5 Å². The minimum atomic E-state index is -3.23. The molecule has 6 nitrogen and oxygen atoms in total. The number of nitrogens with zero attached hydrogens (tertiary/aromatic N) is 1. The highest BCUT2D eigenvalue weighted by Gasteiger charge is 2.21. The lowest BCUT2D eigenvalue weighted by Crippen LogP contribution is -2.27. The third-order valence-electron chi connectivity index (χ3n) is 3.02. The van der Waals surface area contributed by atoms with Gasteiger partial charge in [-0.25, -0.2) is 8.42 Å². The first-order valence-electron chi connectivity index (χ1n) is 6.38. The average molecular weight is 328 g/mol. The molecule has 0 spiro atoms. The molecule has 0 aromatic heterocycles. The number of hydrogen-bond donors (Lipinski definition) is 1. The maximum atomic E-state index is 11.8. The molecule has 114 valence electrons. The molecule has 1 aliphatic heterocycles. The smallest absolute Gasteiger partial charge is 0.281 e. The zero-order valence-corrected chi connectivity index (χ0v) is 13.2. The number of nitrogens with one attached hydrogen (secondary N) is 1. The highest BCUT2D eigenvalue weighted by atomic mass is 32.2. The normalized spacial score (nSPS) is 15.3. The van der Waals surface area contributed by atoms with Crippen LogP contribution in [0.1, 0.15) is 6.42 Å². The topological polar surface area (TPSA) is 83.6 Å². The van der Waals surface area contributed by atoms with Crippen molar-refractivity contribution in [3.05, 3.63) is 24.3 Å². The molecule has 1 aromatic rings. The predicted molar refractivity (Wildman–Crippen MR) is 82.2 cm³/mol. The Labute approximate surface area is 127 Å². The van der Waals surface area contributed by atoms with Crippen molar-refractivity contribution in [2.45, 2.75) is 11.3 Å². The molecule has 0 saturated carbocycles. The van der Waals surface area contributed by atoms with Crippen LogP contribution in [0.4, 0.5) is 10.5 Å². The minimum Gasteiger partial charge on any atom is -0.332 e. The second kappa shape index (κ2) is 6.48. The molecule has 1 heterocycles. The van der Waals surface area contributed by atoms with E-state index >= 15 is 0 Å². The van der Waals surface area contributed by atoms with E-state index in [1.807, 2.05) is 0 Å². The Balaban J connectivity index is 1.86. The molecule has 0 bridgehead atoms. The summed E-state index contributed by atoms with van der Waals surface area (Å²) >= 11 is 1.26. The lowest BCUT2D eigenvalue weighted by Gasteiger charge is -2.14. The molecule has 2 rings (SSSR count). The largest absolute Gasteiger partial charge is 0.332 e. The monoisotopic (exact) mass is 328 g/mol. The SMILES string of the molecule is CS(=O)(=O)c1ccc(NC(=O)CCN2CCSC2=O)cc1. The average Bonchev–Trinajstić information content (AvgIpc) is 2.81. The number of carbonyl (C=O) groups is 2. The Morgan fingerprint density at radius 1 is 1.33 bits per heavy atom. The van der Waals surface area contributed by atoms with E-state index in [0.29, 0.717) is 18.8 Å². The molecule has 21 heavy (non-hydrogen) atoms. The fourth-order valence-corrected chi connectivity index (χ4v) is 3.36. The summed E-state index contributed by atoms with van der Waals surface area (Å²) in [5, 5.41) is 2.70. The highest BCUT2D eigenvalue weighted by Crippen LogP contribution is 2.18. The van der Waals surface area contributed by atoms with Crippen LogP contribution in [0.2, 0.25) is 0 Å². The van der Waals surface area contributed by atoms with Crippen LogP contribution in [0.3, 0.4) is 0 Å². The quantitative estimate of drug-likeness (QED) is 0.887. The van der Waals surface area contributed by atoms with Crippen molar-refractivity contribution in [2.75, 3.05) is 30.4 Å². The molecular formula is C13H16N2O4S2. The lowest BCUT2D eigenvalue weighted by atomic mass is 10.3. The number of amides is 2. The third-order valence-corrected chi connectivity index (χ3v) is 5.04. The second-order valence-electron chi connectivity index (χ2n) is 4.70. The highest BCUT2D eigenvalue weighted by molar-refractivity contribution is 8.13. The van der Waals surface area contributed by atoms with Crippen molar-refractivity contribution >= 4 is 38.4 Å². The van der Waals surface area contributed by atoms with Crippen LogP contribution in [0.15, 0.2) is 29.2 Å². The molecule has 0 aliphatic carbocycles. The van der Waals surface area contributed by atoms with E-state index < -0.39 is 9.84 Å². The minimum absolute atomic E-state index is 0.0142. The summed E-state index contributed by atoms with van der Waals surface area (Å²) in [7, 11) is -3.23. The Kier molecular flexibility index (Phi) is 4.89. The lowest BCUT2D eigenvalue weighted by molar-refractivity contribution is -0.116. The Hall–Kier alpha value is -1.54. The van der Waals surface area contributed by atoms with Crippen molar-refractivity contribution < 1.29 is 18.0 Å². The Morgan fingerprint density at radius 2 is 2.00 bits per heavy atom. The van der Waals surface area contributed by atoms with E-state index in [0.717, 1.165) is 12.0 Å². The molecule has 1 aromatic carbocycles. The molecule has 0 radical (unpaired) electrons. The number of sulfone groups is 1. The van der Waals surface area contributed by atoms with E-state index in [1.54, 1.807) is 17.0 Å². The van der Waals surface area contributed by atoms with Gasteiger partial charge in [-0.15, -0.1) is 0 Å². The van der Waals surface area contributed by atoms with Crippen molar-refractivity contribution in [2.24, 2.45) is 0 Å². The van der Waals surface area contributed by atoms with Gasteiger partial charge in [0, 0.05) is 37.2 Å². The number of carbonyl (C=O) groups excluding carboxylic acids is 2. The van der Waals surface area contributed by atoms with Gasteiger partial charge in [0.2, 0.25) is 5.91 Å². The van der Waals surface area contributed by atoms with Gasteiger partial charge in [-0.1, -0.05) is 11.8 Å². The maximum absolute atomic E-state index is 11.8.